The van der Waals surface area contributed by atoms with Crippen LogP contribution in [0, 0.1) is 11.3 Å². The van der Waals surface area contributed by atoms with Crippen LogP contribution in [0.3, 0.4) is 0 Å². The highest BCUT2D eigenvalue weighted by atomic mass is 32.1. The number of thiazole rings is 1. The highest BCUT2D eigenvalue weighted by Crippen LogP contribution is 2.38. The van der Waals surface area contributed by atoms with Gasteiger partial charge in [-0.1, -0.05) is 26.7 Å². The maximum absolute atomic E-state index is 6.08. The van der Waals surface area contributed by atoms with Crippen LogP contribution in [-0.4, -0.2) is 18.1 Å². The van der Waals surface area contributed by atoms with Crippen LogP contribution in [0.2, 0.25) is 0 Å². The minimum Gasteiger partial charge on any atom is -0.330 e. The van der Waals surface area contributed by atoms with Gasteiger partial charge in [-0.3, -0.25) is 0 Å². The summed E-state index contributed by atoms with van der Waals surface area (Å²) in [6.07, 6.45) is 8.27. The Balaban J connectivity index is 1.89. The SMILES string of the molecule is CCc1cnc(C(C)NCC2(CN)CCC(C)CC2)s1. The number of hydrogen-bond donors (Lipinski definition) is 2. The first kappa shape index (κ1) is 15.9. The maximum atomic E-state index is 6.08. The van der Waals surface area contributed by atoms with Gasteiger partial charge >= 0.3 is 0 Å². The molecule has 0 aromatic carbocycles. The van der Waals surface area contributed by atoms with Crippen molar-refractivity contribution < 1.29 is 0 Å². The third-order valence-corrected chi connectivity index (χ3v) is 6.17. The molecule has 0 amide bonds. The molecular formula is C16H29N3S. The molecule has 2 rings (SSSR count). The molecule has 0 bridgehead atoms. The summed E-state index contributed by atoms with van der Waals surface area (Å²) in [6.45, 7) is 8.59. The van der Waals surface area contributed by atoms with E-state index in [1.165, 1.54) is 35.6 Å². The Morgan fingerprint density at radius 3 is 2.75 bits per heavy atom. The summed E-state index contributed by atoms with van der Waals surface area (Å²) in [5.41, 5.74) is 6.39. The van der Waals surface area contributed by atoms with Crippen molar-refractivity contribution in [2.75, 3.05) is 13.1 Å². The molecule has 1 unspecified atom stereocenters. The smallest absolute Gasteiger partial charge is 0.109 e. The summed E-state index contributed by atoms with van der Waals surface area (Å²) in [5.74, 6) is 0.873. The zero-order chi connectivity index (χ0) is 14.6. The number of nitrogens with zero attached hydrogens (tertiary/aromatic N) is 1. The van der Waals surface area contributed by atoms with E-state index < -0.39 is 0 Å². The summed E-state index contributed by atoms with van der Waals surface area (Å²) in [7, 11) is 0. The average molecular weight is 295 g/mol. The monoisotopic (exact) mass is 295 g/mol. The highest BCUT2D eigenvalue weighted by molar-refractivity contribution is 7.11. The van der Waals surface area contributed by atoms with E-state index >= 15 is 0 Å². The summed E-state index contributed by atoms with van der Waals surface area (Å²) < 4.78 is 0. The molecular weight excluding hydrogens is 266 g/mol. The molecule has 1 aromatic heterocycles. The molecule has 0 saturated heterocycles. The molecule has 1 heterocycles. The molecule has 3 N–H and O–H groups in total. The number of hydrogen-bond acceptors (Lipinski definition) is 4. The van der Waals surface area contributed by atoms with Crippen LogP contribution in [0.1, 0.15) is 62.4 Å². The van der Waals surface area contributed by atoms with Crippen LogP contribution in [0.15, 0.2) is 6.20 Å². The lowest BCUT2D eigenvalue weighted by molar-refractivity contribution is 0.155. The summed E-state index contributed by atoms with van der Waals surface area (Å²) in [4.78, 5) is 5.91. The molecule has 0 radical (unpaired) electrons. The van der Waals surface area contributed by atoms with Gasteiger partial charge in [-0.2, -0.15) is 0 Å². The van der Waals surface area contributed by atoms with Crippen molar-refractivity contribution >= 4 is 11.3 Å². The second-order valence-corrected chi connectivity index (χ2v) is 7.65. The number of aromatic nitrogens is 1. The Labute approximate surface area is 127 Å². The van der Waals surface area contributed by atoms with Crippen LogP contribution >= 0.6 is 11.3 Å². The molecule has 4 heteroatoms. The van der Waals surface area contributed by atoms with Gasteiger partial charge in [0, 0.05) is 17.6 Å². The third-order valence-electron chi connectivity index (χ3n) is 4.84. The maximum Gasteiger partial charge on any atom is 0.109 e. The fourth-order valence-corrected chi connectivity index (χ4v) is 3.85. The van der Waals surface area contributed by atoms with E-state index in [0.29, 0.717) is 11.5 Å². The Morgan fingerprint density at radius 2 is 2.20 bits per heavy atom. The van der Waals surface area contributed by atoms with E-state index in [-0.39, 0.29) is 0 Å². The van der Waals surface area contributed by atoms with E-state index in [1.807, 2.05) is 17.5 Å². The molecule has 0 aliphatic heterocycles. The van der Waals surface area contributed by atoms with Crippen molar-refractivity contribution in [3.05, 3.63) is 16.1 Å². The van der Waals surface area contributed by atoms with Gasteiger partial charge in [0.15, 0.2) is 0 Å². The van der Waals surface area contributed by atoms with Crippen molar-refractivity contribution in [2.45, 2.75) is 58.9 Å². The lowest BCUT2D eigenvalue weighted by Crippen LogP contribution is -2.43. The molecule has 3 nitrogen and oxygen atoms in total. The summed E-state index contributed by atoms with van der Waals surface area (Å²) in [6, 6.07) is 0.336. The Bertz CT molecular complexity index is 408. The van der Waals surface area contributed by atoms with Crippen LogP contribution in [-0.2, 0) is 6.42 Å². The van der Waals surface area contributed by atoms with Gasteiger partial charge in [-0.25, -0.2) is 4.98 Å². The van der Waals surface area contributed by atoms with Gasteiger partial charge in [0.1, 0.15) is 5.01 Å². The van der Waals surface area contributed by atoms with Crippen LogP contribution in [0.4, 0.5) is 0 Å². The molecule has 1 aromatic rings. The lowest BCUT2D eigenvalue weighted by atomic mass is 9.71. The Hall–Kier alpha value is -0.450. The minimum atomic E-state index is 0.311. The molecule has 0 spiro atoms. The second kappa shape index (κ2) is 7.01. The van der Waals surface area contributed by atoms with E-state index in [0.717, 1.165) is 25.4 Å². The molecule has 20 heavy (non-hydrogen) atoms. The predicted molar refractivity (Wildman–Crippen MR) is 87.0 cm³/mol. The molecule has 1 saturated carbocycles. The van der Waals surface area contributed by atoms with Gasteiger partial charge in [-0.15, -0.1) is 11.3 Å². The Morgan fingerprint density at radius 1 is 1.50 bits per heavy atom. The first-order chi connectivity index (χ1) is 9.58. The molecule has 1 atom stereocenters. The standard InChI is InChI=1S/C16H29N3S/c1-4-14-9-18-15(20-14)13(3)19-11-16(10-17)7-5-12(2)6-8-16/h9,12-13,19H,4-8,10-11,17H2,1-3H3. The molecule has 1 aliphatic carbocycles. The van der Waals surface area contributed by atoms with Crippen LogP contribution < -0.4 is 11.1 Å². The fourth-order valence-electron chi connectivity index (χ4n) is 2.97. The zero-order valence-electron chi connectivity index (χ0n) is 13.1. The van der Waals surface area contributed by atoms with Gasteiger partial charge < -0.3 is 11.1 Å². The average Bonchev–Trinajstić information content (AvgIpc) is 2.96. The first-order valence-corrected chi connectivity index (χ1v) is 8.78. The van der Waals surface area contributed by atoms with Crippen molar-refractivity contribution in [3.63, 3.8) is 0 Å². The first-order valence-electron chi connectivity index (χ1n) is 7.96. The second-order valence-electron chi connectivity index (χ2n) is 6.51. The molecule has 1 fully saturated rings. The van der Waals surface area contributed by atoms with Gasteiger partial charge in [0.2, 0.25) is 0 Å². The Kier molecular flexibility index (Phi) is 5.58. The fraction of sp³-hybridized carbons (Fsp3) is 0.812. The van der Waals surface area contributed by atoms with Crippen molar-refractivity contribution in [1.82, 2.24) is 10.3 Å². The van der Waals surface area contributed by atoms with Gasteiger partial charge in [-0.05, 0) is 44.1 Å². The minimum absolute atomic E-state index is 0.311. The largest absolute Gasteiger partial charge is 0.330 e. The zero-order valence-corrected chi connectivity index (χ0v) is 13.9. The number of rotatable bonds is 6. The highest BCUT2D eigenvalue weighted by Gasteiger charge is 2.33. The number of nitrogens with two attached hydrogens (primary N) is 1. The molecule has 114 valence electrons. The third kappa shape index (κ3) is 3.80. The van der Waals surface area contributed by atoms with Crippen molar-refractivity contribution in [2.24, 2.45) is 17.1 Å². The quantitative estimate of drug-likeness (QED) is 0.844. The van der Waals surface area contributed by atoms with Crippen LogP contribution in [0.25, 0.3) is 0 Å². The van der Waals surface area contributed by atoms with E-state index in [9.17, 15) is 0 Å². The van der Waals surface area contributed by atoms with Gasteiger partial charge in [0.25, 0.3) is 0 Å². The van der Waals surface area contributed by atoms with Crippen molar-refractivity contribution in [3.8, 4) is 0 Å². The summed E-state index contributed by atoms with van der Waals surface area (Å²) in [5, 5.41) is 4.89. The van der Waals surface area contributed by atoms with Crippen LogP contribution in [0.5, 0.6) is 0 Å². The number of aryl methyl sites for hydroxylation is 1. The normalized spacial score (nSPS) is 28.5. The van der Waals surface area contributed by atoms with E-state index in [1.54, 1.807) is 0 Å². The predicted octanol–water partition coefficient (Wildman–Crippen LogP) is 3.51. The summed E-state index contributed by atoms with van der Waals surface area (Å²) >= 11 is 1.83. The topological polar surface area (TPSA) is 50.9 Å². The van der Waals surface area contributed by atoms with Crippen molar-refractivity contribution in [1.29, 1.82) is 0 Å². The van der Waals surface area contributed by atoms with E-state index in [4.69, 9.17) is 5.73 Å². The van der Waals surface area contributed by atoms with E-state index in [2.05, 4.69) is 31.1 Å². The molecule has 1 aliphatic rings. The lowest BCUT2D eigenvalue weighted by Gasteiger charge is -2.39. The van der Waals surface area contributed by atoms with Gasteiger partial charge in [0.05, 0.1) is 6.04 Å². The number of nitrogens with one attached hydrogen (secondary N) is 1.